The molecule has 0 saturated heterocycles. The van der Waals surface area contributed by atoms with Crippen molar-refractivity contribution in [3.63, 3.8) is 0 Å². The van der Waals surface area contributed by atoms with E-state index in [2.05, 4.69) is 6.58 Å². The fourth-order valence-electron chi connectivity index (χ4n) is 1.08. The molecule has 0 aliphatic carbocycles. The summed E-state index contributed by atoms with van der Waals surface area (Å²) < 4.78 is 5.03. The molecule has 2 nitrogen and oxygen atoms in total. The first-order chi connectivity index (χ1) is 6.63. The number of hydrogen-bond acceptors (Lipinski definition) is 2. The number of ether oxygens (including phenoxy) is 1. The molecule has 1 atom stereocenters. The predicted molar refractivity (Wildman–Crippen MR) is 56.2 cm³/mol. The molecule has 1 aromatic carbocycles. The Balaban J connectivity index is 2.84. The topological polar surface area (TPSA) is 26.3 Å². The number of hydrogen-bond donors (Lipinski definition) is 0. The molecule has 3 heteroatoms. The van der Waals surface area contributed by atoms with Gasteiger partial charge in [0.05, 0.1) is 0 Å². The molecule has 0 amide bonds. The van der Waals surface area contributed by atoms with Gasteiger partial charge in [-0.3, -0.25) is 4.79 Å². The summed E-state index contributed by atoms with van der Waals surface area (Å²) >= 11 is 5.73. The number of rotatable bonds is 3. The Labute approximate surface area is 88.1 Å². The molecular weight excluding hydrogens is 200 g/mol. The highest BCUT2D eigenvalue weighted by atomic mass is 35.5. The van der Waals surface area contributed by atoms with Gasteiger partial charge in [0.1, 0.15) is 6.10 Å². The summed E-state index contributed by atoms with van der Waals surface area (Å²) in [5.41, 5.74) is 0.861. The van der Waals surface area contributed by atoms with Crippen LogP contribution in [0.4, 0.5) is 0 Å². The van der Waals surface area contributed by atoms with Gasteiger partial charge in [-0.05, 0) is 23.8 Å². The SMILES string of the molecule is C=C[C@H](OC(C)=O)c1ccc(Cl)cc1. The lowest BCUT2D eigenvalue weighted by atomic mass is 10.1. The first-order valence-electron chi connectivity index (χ1n) is 4.18. The highest BCUT2D eigenvalue weighted by Crippen LogP contribution is 2.20. The Kier molecular flexibility index (Phi) is 3.72. The number of esters is 1. The maximum atomic E-state index is 10.8. The minimum absolute atomic E-state index is 0.329. The van der Waals surface area contributed by atoms with Gasteiger partial charge in [0, 0.05) is 11.9 Å². The Morgan fingerprint density at radius 2 is 2.07 bits per heavy atom. The van der Waals surface area contributed by atoms with Crippen LogP contribution in [0.25, 0.3) is 0 Å². The van der Waals surface area contributed by atoms with Crippen molar-refractivity contribution in [2.75, 3.05) is 0 Å². The molecule has 0 unspecified atom stereocenters. The summed E-state index contributed by atoms with van der Waals surface area (Å²) in [4.78, 5) is 10.8. The van der Waals surface area contributed by atoms with E-state index in [4.69, 9.17) is 16.3 Å². The minimum Gasteiger partial charge on any atom is -0.453 e. The summed E-state index contributed by atoms with van der Waals surface area (Å²) in [5.74, 6) is -0.329. The van der Waals surface area contributed by atoms with Crippen LogP contribution in [0.15, 0.2) is 36.9 Å². The fourth-order valence-corrected chi connectivity index (χ4v) is 1.21. The van der Waals surface area contributed by atoms with Crippen LogP contribution in [-0.4, -0.2) is 5.97 Å². The zero-order chi connectivity index (χ0) is 10.6. The van der Waals surface area contributed by atoms with Gasteiger partial charge in [-0.25, -0.2) is 0 Å². The molecule has 0 aliphatic heterocycles. The number of halogens is 1. The van der Waals surface area contributed by atoms with Crippen LogP contribution in [0.5, 0.6) is 0 Å². The van der Waals surface area contributed by atoms with E-state index in [1.807, 2.05) is 0 Å². The van der Waals surface area contributed by atoms with E-state index in [9.17, 15) is 4.79 Å². The third-order valence-electron chi connectivity index (χ3n) is 1.71. The number of carbonyl (C=O) groups is 1. The van der Waals surface area contributed by atoms with Gasteiger partial charge >= 0.3 is 5.97 Å². The van der Waals surface area contributed by atoms with E-state index in [0.29, 0.717) is 5.02 Å². The van der Waals surface area contributed by atoms with Gasteiger partial charge in [-0.1, -0.05) is 30.3 Å². The average molecular weight is 211 g/mol. The van der Waals surface area contributed by atoms with E-state index in [-0.39, 0.29) is 5.97 Å². The molecule has 0 heterocycles. The summed E-state index contributed by atoms with van der Waals surface area (Å²) in [7, 11) is 0. The zero-order valence-electron chi connectivity index (χ0n) is 7.87. The normalized spacial score (nSPS) is 11.9. The molecule has 0 radical (unpaired) electrons. The molecule has 0 spiro atoms. The van der Waals surface area contributed by atoms with Gasteiger partial charge < -0.3 is 4.74 Å². The molecular formula is C11H11ClO2. The summed E-state index contributed by atoms with van der Waals surface area (Å²) in [6, 6.07) is 7.10. The third kappa shape index (κ3) is 2.89. The van der Waals surface area contributed by atoms with Crippen LogP contribution in [0.1, 0.15) is 18.6 Å². The summed E-state index contributed by atoms with van der Waals surface area (Å²) in [6.45, 7) is 4.97. The Morgan fingerprint density at radius 1 is 1.50 bits per heavy atom. The van der Waals surface area contributed by atoms with Gasteiger partial charge in [0.25, 0.3) is 0 Å². The summed E-state index contributed by atoms with van der Waals surface area (Å²) in [5, 5.41) is 0.652. The van der Waals surface area contributed by atoms with Crippen LogP contribution in [0, 0.1) is 0 Å². The Hall–Kier alpha value is -1.28. The monoisotopic (exact) mass is 210 g/mol. The molecule has 0 N–H and O–H groups in total. The lowest BCUT2D eigenvalue weighted by Crippen LogP contribution is -2.05. The van der Waals surface area contributed by atoms with Crippen molar-refractivity contribution in [3.05, 3.63) is 47.5 Å². The van der Waals surface area contributed by atoms with E-state index in [0.717, 1.165) is 5.56 Å². The molecule has 0 saturated carbocycles. The van der Waals surface area contributed by atoms with Crippen LogP contribution >= 0.6 is 11.6 Å². The van der Waals surface area contributed by atoms with Crippen molar-refractivity contribution in [1.82, 2.24) is 0 Å². The second-order valence-corrected chi connectivity index (χ2v) is 3.25. The van der Waals surface area contributed by atoms with Gasteiger partial charge in [0.15, 0.2) is 0 Å². The minimum atomic E-state index is -0.398. The molecule has 0 fully saturated rings. The average Bonchev–Trinajstić information content (AvgIpc) is 2.15. The van der Waals surface area contributed by atoms with Crippen molar-refractivity contribution in [3.8, 4) is 0 Å². The first kappa shape index (κ1) is 10.8. The predicted octanol–water partition coefficient (Wildman–Crippen LogP) is 3.13. The zero-order valence-corrected chi connectivity index (χ0v) is 8.62. The first-order valence-corrected chi connectivity index (χ1v) is 4.56. The molecule has 1 rings (SSSR count). The van der Waals surface area contributed by atoms with Crippen molar-refractivity contribution in [1.29, 1.82) is 0 Å². The van der Waals surface area contributed by atoms with Crippen LogP contribution in [0.3, 0.4) is 0 Å². The summed E-state index contributed by atoms with van der Waals surface area (Å²) in [6.07, 6.45) is 1.18. The standard InChI is InChI=1S/C11H11ClO2/c1-3-11(14-8(2)13)9-4-6-10(12)7-5-9/h3-7,11H,1H2,2H3/t11-/m0/s1. The maximum absolute atomic E-state index is 10.8. The van der Waals surface area contributed by atoms with Gasteiger partial charge in [-0.15, -0.1) is 0 Å². The van der Waals surface area contributed by atoms with E-state index >= 15 is 0 Å². The van der Waals surface area contributed by atoms with Crippen molar-refractivity contribution in [2.24, 2.45) is 0 Å². The van der Waals surface area contributed by atoms with Crippen LogP contribution in [-0.2, 0) is 9.53 Å². The molecule has 0 bridgehead atoms. The smallest absolute Gasteiger partial charge is 0.303 e. The van der Waals surface area contributed by atoms with Gasteiger partial charge in [-0.2, -0.15) is 0 Å². The maximum Gasteiger partial charge on any atom is 0.303 e. The Morgan fingerprint density at radius 3 is 2.50 bits per heavy atom. The molecule has 1 aromatic rings. The molecule has 0 aliphatic rings. The lowest BCUT2D eigenvalue weighted by molar-refractivity contribution is -0.144. The third-order valence-corrected chi connectivity index (χ3v) is 1.96. The van der Waals surface area contributed by atoms with E-state index < -0.39 is 6.10 Å². The van der Waals surface area contributed by atoms with Crippen molar-refractivity contribution < 1.29 is 9.53 Å². The Bertz CT molecular complexity index is 330. The highest BCUT2D eigenvalue weighted by molar-refractivity contribution is 6.30. The van der Waals surface area contributed by atoms with Crippen molar-refractivity contribution in [2.45, 2.75) is 13.0 Å². The fraction of sp³-hybridized carbons (Fsp3) is 0.182. The number of benzene rings is 1. The van der Waals surface area contributed by atoms with Crippen LogP contribution < -0.4 is 0 Å². The van der Waals surface area contributed by atoms with E-state index in [1.165, 1.54) is 6.92 Å². The highest BCUT2D eigenvalue weighted by Gasteiger charge is 2.09. The van der Waals surface area contributed by atoms with E-state index in [1.54, 1.807) is 30.3 Å². The van der Waals surface area contributed by atoms with Gasteiger partial charge in [0.2, 0.25) is 0 Å². The second-order valence-electron chi connectivity index (χ2n) is 2.82. The second kappa shape index (κ2) is 4.82. The van der Waals surface area contributed by atoms with Crippen molar-refractivity contribution >= 4 is 17.6 Å². The quantitative estimate of drug-likeness (QED) is 0.566. The molecule has 14 heavy (non-hydrogen) atoms. The molecule has 74 valence electrons. The molecule has 0 aromatic heterocycles. The van der Waals surface area contributed by atoms with Crippen LogP contribution in [0.2, 0.25) is 5.02 Å². The largest absolute Gasteiger partial charge is 0.453 e. The number of carbonyl (C=O) groups excluding carboxylic acids is 1. The lowest BCUT2D eigenvalue weighted by Gasteiger charge is -2.12.